The van der Waals surface area contributed by atoms with Crippen molar-refractivity contribution in [2.24, 2.45) is 7.05 Å². The van der Waals surface area contributed by atoms with E-state index >= 15 is 0 Å². The first-order chi connectivity index (χ1) is 8.52. The third-order valence-corrected chi connectivity index (χ3v) is 3.48. The molecule has 0 N–H and O–H groups in total. The van der Waals surface area contributed by atoms with Crippen molar-refractivity contribution < 1.29 is 0 Å². The molecule has 0 radical (unpaired) electrons. The summed E-state index contributed by atoms with van der Waals surface area (Å²) in [5, 5.41) is 12.8. The molecule has 0 fully saturated rings. The van der Waals surface area contributed by atoms with Crippen LogP contribution in [-0.2, 0) is 20.0 Å². The molecule has 1 unspecified atom stereocenters. The smallest absolute Gasteiger partial charge is 0.0833 e. The molecule has 2 heterocycles. The number of nitrogens with zero attached hydrogens (tertiary/aromatic N) is 5. The van der Waals surface area contributed by atoms with Crippen LogP contribution < -0.4 is 0 Å². The second-order valence-electron chi connectivity index (χ2n) is 4.88. The van der Waals surface area contributed by atoms with E-state index < -0.39 is 0 Å². The minimum absolute atomic E-state index is 0.417. The number of hydrogen-bond donors (Lipinski definition) is 0. The lowest BCUT2D eigenvalue weighted by atomic mass is 9.95. The topological polar surface area (TPSA) is 48.5 Å². The summed E-state index contributed by atoms with van der Waals surface area (Å²) in [7, 11) is 1.99. The van der Waals surface area contributed by atoms with E-state index in [2.05, 4.69) is 43.1 Å². The van der Waals surface area contributed by atoms with Gasteiger partial charge >= 0.3 is 0 Å². The molecule has 0 bridgehead atoms. The molecular weight excluding hydrogens is 226 g/mol. The summed E-state index contributed by atoms with van der Waals surface area (Å²) < 4.78 is 3.81. The van der Waals surface area contributed by atoms with Crippen molar-refractivity contribution in [3.63, 3.8) is 0 Å². The first-order valence-electron chi connectivity index (χ1n) is 6.42. The molecule has 1 atom stereocenters. The Morgan fingerprint density at radius 1 is 1.33 bits per heavy atom. The van der Waals surface area contributed by atoms with Crippen LogP contribution in [0.1, 0.15) is 42.4 Å². The van der Waals surface area contributed by atoms with Gasteiger partial charge in [0, 0.05) is 25.5 Å². The zero-order valence-electron chi connectivity index (χ0n) is 11.8. The molecule has 0 aromatic carbocycles. The Morgan fingerprint density at radius 2 is 2.06 bits per heavy atom. The highest BCUT2D eigenvalue weighted by atomic mass is 15.4. The van der Waals surface area contributed by atoms with Gasteiger partial charge in [0.1, 0.15) is 0 Å². The van der Waals surface area contributed by atoms with Crippen molar-refractivity contribution in [2.75, 3.05) is 0 Å². The lowest BCUT2D eigenvalue weighted by Crippen LogP contribution is -2.02. The van der Waals surface area contributed by atoms with Gasteiger partial charge in [0.05, 0.1) is 11.4 Å². The minimum Gasteiger partial charge on any atom is -0.272 e. The Kier molecular flexibility index (Phi) is 3.50. The van der Waals surface area contributed by atoms with Crippen molar-refractivity contribution in [1.29, 1.82) is 0 Å². The fraction of sp³-hybridized carbons (Fsp3) is 0.615. The average molecular weight is 247 g/mol. The first kappa shape index (κ1) is 12.8. The van der Waals surface area contributed by atoms with Gasteiger partial charge in [-0.05, 0) is 38.7 Å². The fourth-order valence-electron chi connectivity index (χ4n) is 2.51. The van der Waals surface area contributed by atoms with Crippen LogP contribution in [0.25, 0.3) is 0 Å². The van der Waals surface area contributed by atoms with Gasteiger partial charge in [-0.3, -0.25) is 9.36 Å². The van der Waals surface area contributed by atoms with Crippen LogP contribution in [-0.4, -0.2) is 24.8 Å². The highest BCUT2D eigenvalue weighted by molar-refractivity contribution is 5.29. The zero-order chi connectivity index (χ0) is 13.3. The molecule has 98 valence electrons. The van der Waals surface area contributed by atoms with Gasteiger partial charge in [-0.15, -0.1) is 5.10 Å². The summed E-state index contributed by atoms with van der Waals surface area (Å²) in [6.07, 6.45) is 2.94. The third kappa shape index (κ3) is 2.30. The van der Waals surface area contributed by atoms with E-state index in [9.17, 15) is 0 Å². The van der Waals surface area contributed by atoms with Gasteiger partial charge in [0.2, 0.25) is 0 Å². The maximum Gasteiger partial charge on any atom is 0.0833 e. The molecule has 5 nitrogen and oxygen atoms in total. The molecule has 2 rings (SSSR count). The maximum atomic E-state index is 4.47. The highest BCUT2D eigenvalue weighted by Crippen LogP contribution is 2.25. The molecule has 0 aliphatic rings. The summed E-state index contributed by atoms with van der Waals surface area (Å²) in [4.78, 5) is 0. The molecule has 2 aromatic heterocycles. The molecule has 2 aromatic rings. The van der Waals surface area contributed by atoms with Gasteiger partial charge in [-0.1, -0.05) is 12.1 Å². The Hall–Kier alpha value is -1.65. The van der Waals surface area contributed by atoms with E-state index in [1.54, 1.807) is 0 Å². The summed E-state index contributed by atoms with van der Waals surface area (Å²) in [6.45, 7) is 9.35. The van der Waals surface area contributed by atoms with E-state index in [-0.39, 0.29) is 0 Å². The van der Waals surface area contributed by atoms with Gasteiger partial charge in [-0.2, -0.15) is 5.10 Å². The third-order valence-electron chi connectivity index (χ3n) is 3.48. The Balaban J connectivity index is 2.18. The van der Waals surface area contributed by atoms with E-state index in [4.69, 9.17) is 0 Å². The van der Waals surface area contributed by atoms with Gasteiger partial charge < -0.3 is 0 Å². The fourth-order valence-corrected chi connectivity index (χ4v) is 2.51. The predicted molar refractivity (Wildman–Crippen MR) is 70.5 cm³/mol. The quantitative estimate of drug-likeness (QED) is 0.830. The summed E-state index contributed by atoms with van der Waals surface area (Å²) in [6, 6.07) is 0. The van der Waals surface area contributed by atoms with E-state index in [1.165, 1.54) is 11.3 Å². The van der Waals surface area contributed by atoms with Gasteiger partial charge in [0.15, 0.2) is 0 Å². The first-order valence-corrected chi connectivity index (χ1v) is 6.42. The Labute approximate surface area is 108 Å². The zero-order valence-corrected chi connectivity index (χ0v) is 11.8. The van der Waals surface area contributed by atoms with Gasteiger partial charge in [-0.25, -0.2) is 0 Å². The van der Waals surface area contributed by atoms with Crippen LogP contribution in [0.2, 0.25) is 0 Å². The molecule has 0 amide bonds. The maximum absolute atomic E-state index is 4.47. The van der Waals surface area contributed by atoms with Crippen molar-refractivity contribution in [2.45, 2.75) is 46.6 Å². The van der Waals surface area contributed by atoms with E-state index in [1.807, 2.05) is 22.6 Å². The lowest BCUT2D eigenvalue weighted by Gasteiger charge is -2.10. The van der Waals surface area contributed by atoms with Crippen LogP contribution in [0.4, 0.5) is 0 Å². The molecule has 0 spiro atoms. The summed E-state index contributed by atoms with van der Waals surface area (Å²) in [5.74, 6) is 0.417. The molecular formula is C13H21N5. The molecule has 18 heavy (non-hydrogen) atoms. The number of aryl methyl sites for hydroxylation is 3. The van der Waals surface area contributed by atoms with Crippen LogP contribution in [0.5, 0.6) is 0 Å². The second kappa shape index (κ2) is 4.92. The van der Waals surface area contributed by atoms with Gasteiger partial charge in [0.25, 0.3) is 0 Å². The highest BCUT2D eigenvalue weighted by Gasteiger charge is 2.17. The van der Waals surface area contributed by atoms with Crippen LogP contribution in [0, 0.1) is 13.8 Å². The van der Waals surface area contributed by atoms with Crippen LogP contribution in [0.15, 0.2) is 6.20 Å². The monoisotopic (exact) mass is 247 g/mol. The molecule has 0 aliphatic carbocycles. The van der Waals surface area contributed by atoms with E-state index in [0.29, 0.717) is 5.92 Å². The second-order valence-corrected chi connectivity index (χ2v) is 4.88. The SMILES string of the molecule is CCn1cc(CC(C)c2c(C)nn(C)c2C)nn1. The standard InChI is InChI=1S/C13H21N5/c1-6-18-8-12(14-16-18)7-9(2)13-10(3)15-17(5)11(13)4/h8-9H,6-7H2,1-5H3. The molecule has 5 heteroatoms. The summed E-state index contributed by atoms with van der Waals surface area (Å²) in [5.41, 5.74) is 4.74. The predicted octanol–water partition coefficient (Wildman–Crippen LogP) is 1.99. The van der Waals surface area contributed by atoms with E-state index in [0.717, 1.165) is 24.4 Å². The normalized spacial score (nSPS) is 12.9. The summed E-state index contributed by atoms with van der Waals surface area (Å²) >= 11 is 0. The van der Waals surface area contributed by atoms with Crippen molar-refractivity contribution in [3.8, 4) is 0 Å². The van der Waals surface area contributed by atoms with Crippen molar-refractivity contribution in [1.82, 2.24) is 24.8 Å². The largest absolute Gasteiger partial charge is 0.272 e. The van der Waals surface area contributed by atoms with Crippen LogP contribution in [0.3, 0.4) is 0 Å². The molecule has 0 saturated carbocycles. The molecule has 0 saturated heterocycles. The average Bonchev–Trinajstić information content (AvgIpc) is 2.85. The number of hydrogen-bond acceptors (Lipinski definition) is 3. The number of rotatable bonds is 4. The Bertz CT molecular complexity index is 538. The minimum atomic E-state index is 0.417. The van der Waals surface area contributed by atoms with Crippen LogP contribution >= 0.6 is 0 Å². The van der Waals surface area contributed by atoms with Crippen molar-refractivity contribution in [3.05, 3.63) is 28.8 Å². The molecule has 0 aliphatic heterocycles. The Morgan fingerprint density at radius 3 is 2.56 bits per heavy atom. The van der Waals surface area contributed by atoms with Crippen molar-refractivity contribution >= 4 is 0 Å². The number of aromatic nitrogens is 5. The lowest BCUT2D eigenvalue weighted by molar-refractivity contribution is 0.626.